The normalized spacial score (nSPS) is 17.1. The van der Waals surface area contributed by atoms with Crippen LogP contribution in [0.5, 0.6) is 5.75 Å². The number of piperidine rings is 1. The highest BCUT2D eigenvalue weighted by molar-refractivity contribution is 6.30. The molecule has 0 bridgehead atoms. The van der Waals surface area contributed by atoms with Gasteiger partial charge in [-0.25, -0.2) is 4.98 Å². The Hall–Kier alpha value is -2.04. The van der Waals surface area contributed by atoms with Crippen LogP contribution in [0.15, 0.2) is 36.4 Å². The number of hydrogen-bond donors (Lipinski definition) is 2. The molecule has 0 saturated carbocycles. The van der Waals surface area contributed by atoms with E-state index in [1.807, 2.05) is 24.3 Å². The van der Waals surface area contributed by atoms with Crippen molar-refractivity contribution in [3.63, 3.8) is 0 Å². The first-order valence-corrected chi connectivity index (χ1v) is 10.6. The molecule has 0 aliphatic carbocycles. The van der Waals surface area contributed by atoms with Crippen LogP contribution in [0.1, 0.15) is 42.6 Å². The lowest BCUT2D eigenvalue weighted by Gasteiger charge is -2.22. The van der Waals surface area contributed by atoms with E-state index in [0.717, 1.165) is 34.9 Å². The fourth-order valence-corrected chi connectivity index (χ4v) is 4.22. The predicted molar refractivity (Wildman–Crippen MR) is 115 cm³/mol. The maximum atomic E-state index is 5.93. The molecule has 1 atom stereocenters. The Bertz CT molecular complexity index is 913. The molecule has 1 fully saturated rings. The van der Waals surface area contributed by atoms with Gasteiger partial charge >= 0.3 is 0 Å². The summed E-state index contributed by atoms with van der Waals surface area (Å²) in [4.78, 5) is 8.26. The molecule has 3 aromatic rings. The number of aryl methyl sites for hydroxylation is 2. The minimum Gasteiger partial charge on any atom is -0.486 e. The van der Waals surface area contributed by atoms with E-state index >= 15 is 0 Å². The van der Waals surface area contributed by atoms with Gasteiger partial charge in [0.25, 0.3) is 0 Å². The molecule has 1 aliphatic heterocycles. The van der Waals surface area contributed by atoms with Crippen LogP contribution in [0.4, 0.5) is 0 Å². The van der Waals surface area contributed by atoms with E-state index < -0.39 is 0 Å². The van der Waals surface area contributed by atoms with E-state index in [2.05, 4.69) is 29.4 Å². The van der Waals surface area contributed by atoms with Crippen molar-refractivity contribution >= 4 is 22.6 Å². The minimum absolute atomic E-state index is 0.419. The number of fused-ring (bicyclic) bond motifs is 1. The Kier molecular flexibility index (Phi) is 6.18. The fraction of sp³-hybridized carbons (Fsp3) is 0.435. The molecule has 0 spiro atoms. The van der Waals surface area contributed by atoms with Crippen molar-refractivity contribution in [3.8, 4) is 5.75 Å². The van der Waals surface area contributed by atoms with Gasteiger partial charge in [-0.2, -0.15) is 0 Å². The van der Waals surface area contributed by atoms with Gasteiger partial charge in [-0.1, -0.05) is 17.7 Å². The summed E-state index contributed by atoms with van der Waals surface area (Å²) in [6.07, 6.45) is 6.27. The van der Waals surface area contributed by atoms with Gasteiger partial charge in [0.05, 0.1) is 11.0 Å². The predicted octanol–water partition coefficient (Wildman–Crippen LogP) is 5.43. The number of H-pyrrole nitrogens is 1. The Balaban J connectivity index is 1.42. The molecule has 2 heterocycles. The topological polar surface area (TPSA) is 49.9 Å². The third-order valence-electron chi connectivity index (χ3n) is 5.51. The fourth-order valence-electron chi connectivity index (χ4n) is 4.09. The SMILES string of the molecule is Cc1cc(CCCC2CCCNC2)c2nc(COc3ccc(Cl)cc3)[nH]c2c1. The zero-order chi connectivity index (χ0) is 19.3. The molecule has 148 valence electrons. The maximum absolute atomic E-state index is 5.93. The number of aromatic amines is 1. The van der Waals surface area contributed by atoms with E-state index in [-0.39, 0.29) is 0 Å². The van der Waals surface area contributed by atoms with E-state index in [4.69, 9.17) is 21.3 Å². The van der Waals surface area contributed by atoms with Crippen LogP contribution in [-0.4, -0.2) is 23.1 Å². The zero-order valence-electron chi connectivity index (χ0n) is 16.4. The molecule has 2 N–H and O–H groups in total. The second-order valence-corrected chi connectivity index (χ2v) is 8.29. The number of nitrogens with one attached hydrogen (secondary N) is 2. The molecule has 2 aromatic carbocycles. The first-order valence-electron chi connectivity index (χ1n) is 10.2. The van der Waals surface area contributed by atoms with Crippen LogP contribution >= 0.6 is 11.6 Å². The highest BCUT2D eigenvalue weighted by Crippen LogP contribution is 2.24. The van der Waals surface area contributed by atoms with Crippen LogP contribution < -0.4 is 10.1 Å². The van der Waals surface area contributed by atoms with Crippen LogP contribution in [0.3, 0.4) is 0 Å². The molecular weight excluding hydrogens is 370 g/mol. The highest BCUT2D eigenvalue weighted by atomic mass is 35.5. The number of rotatable bonds is 7. The number of imidazole rings is 1. The number of aromatic nitrogens is 2. The van der Waals surface area contributed by atoms with E-state index in [1.165, 1.54) is 49.9 Å². The van der Waals surface area contributed by atoms with Gasteiger partial charge in [-0.3, -0.25) is 0 Å². The molecule has 4 nitrogen and oxygen atoms in total. The van der Waals surface area contributed by atoms with Gasteiger partial charge in [0, 0.05) is 5.02 Å². The van der Waals surface area contributed by atoms with Gasteiger partial charge in [0.2, 0.25) is 0 Å². The summed E-state index contributed by atoms with van der Waals surface area (Å²) in [5.41, 5.74) is 4.80. The second-order valence-electron chi connectivity index (χ2n) is 7.85. The van der Waals surface area contributed by atoms with E-state index in [9.17, 15) is 0 Å². The standard InChI is InChI=1S/C23H28ClN3O/c1-16-12-18(6-2-4-17-5-3-11-25-14-17)23-21(13-16)26-22(27-23)15-28-20-9-7-19(24)8-10-20/h7-10,12-13,17,25H,2-6,11,14-15H2,1H3,(H,26,27). The third-order valence-corrected chi connectivity index (χ3v) is 5.76. The smallest absolute Gasteiger partial charge is 0.146 e. The van der Waals surface area contributed by atoms with Crippen molar-refractivity contribution in [2.45, 2.75) is 45.6 Å². The van der Waals surface area contributed by atoms with Crippen molar-refractivity contribution in [1.29, 1.82) is 0 Å². The molecule has 4 rings (SSSR count). The minimum atomic E-state index is 0.419. The van der Waals surface area contributed by atoms with Crippen molar-refractivity contribution in [2.75, 3.05) is 13.1 Å². The molecule has 1 unspecified atom stereocenters. The van der Waals surface area contributed by atoms with Crippen molar-refractivity contribution in [1.82, 2.24) is 15.3 Å². The van der Waals surface area contributed by atoms with Gasteiger partial charge in [0.15, 0.2) is 0 Å². The zero-order valence-corrected chi connectivity index (χ0v) is 17.2. The average Bonchev–Trinajstić information content (AvgIpc) is 3.11. The number of halogens is 1. The number of nitrogens with zero attached hydrogens (tertiary/aromatic N) is 1. The second kappa shape index (κ2) is 8.97. The van der Waals surface area contributed by atoms with Crippen molar-refractivity contribution in [2.24, 2.45) is 5.92 Å². The summed E-state index contributed by atoms with van der Waals surface area (Å²) >= 11 is 5.93. The Morgan fingerprint density at radius 3 is 2.86 bits per heavy atom. The summed E-state index contributed by atoms with van der Waals surface area (Å²) in [6.45, 7) is 4.93. The summed E-state index contributed by atoms with van der Waals surface area (Å²) in [5, 5.41) is 4.23. The molecule has 28 heavy (non-hydrogen) atoms. The Morgan fingerprint density at radius 2 is 2.07 bits per heavy atom. The first-order chi connectivity index (χ1) is 13.7. The number of hydrogen-bond acceptors (Lipinski definition) is 3. The van der Waals surface area contributed by atoms with Crippen LogP contribution in [-0.2, 0) is 13.0 Å². The molecule has 0 amide bonds. The molecule has 1 aromatic heterocycles. The quantitative estimate of drug-likeness (QED) is 0.559. The summed E-state index contributed by atoms with van der Waals surface area (Å²) < 4.78 is 5.85. The monoisotopic (exact) mass is 397 g/mol. The lowest BCUT2D eigenvalue weighted by Crippen LogP contribution is -2.29. The van der Waals surface area contributed by atoms with Gasteiger partial charge in [0.1, 0.15) is 18.2 Å². The Labute approximate surface area is 171 Å². The molecule has 0 radical (unpaired) electrons. The third kappa shape index (κ3) is 4.86. The Morgan fingerprint density at radius 1 is 1.21 bits per heavy atom. The van der Waals surface area contributed by atoms with Gasteiger partial charge in [-0.05, 0) is 99.5 Å². The average molecular weight is 398 g/mol. The molecule has 1 saturated heterocycles. The van der Waals surface area contributed by atoms with E-state index in [0.29, 0.717) is 11.6 Å². The van der Waals surface area contributed by atoms with Gasteiger partial charge < -0.3 is 15.0 Å². The molecule has 5 heteroatoms. The summed E-state index contributed by atoms with van der Waals surface area (Å²) in [7, 11) is 0. The van der Waals surface area contributed by atoms with Crippen molar-refractivity contribution in [3.05, 3.63) is 58.4 Å². The number of benzene rings is 2. The van der Waals surface area contributed by atoms with Crippen LogP contribution in [0, 0.1) is 12.8 Å². The lowest BCUT2D eigenvalue weighted by atomic mass is 9.92. The maximum Gasteiger partial charge on any atom is 0.146 e. The summed E-state index contributed by atoms with van der Waals surface area (Å²) in [5.74, 6) is 2.48. The highest BCUT2D eigenvalue weighted by Gasteiger charge is 2.14. The lowest BCUT2D eigenvalue weighted by molar-refractivity contribution is 0.297. The first kappa shape index (κ1) is 19.3. The largest absolute Gasteiger partial charge is 0.486 e. The van der Waals surface area contributed by atoms with Crippen molar-refractivity contribution < 1.29 is 4.74 Å². The molecular formula is C23H28ClN3O. The number of ether oxygens (including phenoxy) is 1. The van der Waals surface area contributed by atoms with E-state index in [1.54, 1.807) is 0 Å². The van der Waals surface area contributed by atoms with Gasteiger partial charge in [-0.15, -0.1) is 0 Å². The van der Waals surface area contributed by atoms with Crippen LogP contribution in [0.2, 0.25) is 5.02 Å². The molecule has 1 aliphatic rings. The summed E-state index contributed by atoms with van der Waals surface area (Å²) in [6, 6.07) is 11.9. The van der Waals surface area contributed by atoms with Crippen LogP contribution in [0.25, 0.3) is 11.0 Å².